The van der Waals surface area contributed by atoms with E-state index in [2.05, 4.69) is 16.0 Å². The normalized spacial score (nSPS) is 12.7. The first-order chi connectivity index (χ1) is 11.1. The molecular formula is C15H19N3O5. The number of amides is 3. The molecule has 23 heavy (non-hydrogen) atoms. The second kappa shape index (κ2) is 8.02. The van der Waals surface area contributed by atoms with Gasteiger partial charge in [-0.05, 0) is 19.1 Å². The molecule has 0 saturated carbocycles. The Bertz CT molecular complexity index is 603. The van der Waals surface area contributed by atoms with Crippen LogP contribution in [0.1, 0.15) is 13.3 Å². The zero-order valence-electron chi connectivity index (χ0n) is 12.8. The Hall–Kier alpha value is -2.77. The Morgan fingerprint density at radius 2 is 1.74 bits per heavy atom. The summed E-state index contributed by atoms with van der Waals surface area (Å²) in [5, 5.41) is 7.20. The number of rotatable bonds is 4. The number of nitrogens with one attached hydrogen (secondary N) is 3. The summed E-state index contributed by atoms with van der Waals surface area (Å²) in [5.41, 5.74) is 0.520. The number of likely N-dealkylation sites (N-methyl/N-ethyl adjacent to an activating group) is 1. The molecule has 8 heteroatoms. The molecule has 1 aromatic carbocycles. The Morgan fingerprint density at radius 3 is 2.48 bits per heavy atom. The van der Waals surface area contributed by atoms with Gasteiger partial charge in [0.25, 0.3) is 0 Å². The molecule has 0 aliphatic carbocycles. The van der Waals surface area contributed by atoms with Crippen LogP contribution in [-0.4, -0.2) is 44.0 Å². The molecule has 0 fully saturated rings. The van der Waals surface area contributed by atoms with Gasteiger partial charge < -0.3 is 25.4 Å². The van der Waals surface area contributed by atoms with Crippen LogP contribution in [0.3, 0.4) is 0 Å². The summed E-state index contributed by atoms with van der Waals surface area (Å²) in [7, 11) is 0. The third kappa shape index (κ3) is 4.87. The van der Waals surface area contributed by atoms with E-state index < -0.39 is 17.7 Å². The van der Waals surface area contributed by atoms with E-state index in [1.165, 1.54) is 0 Å². The van der Waals surface area contributed by atoms with Crippen molar-refractivity contribution in [3.63, 3.8) is 0 Å². The number of hydrogen-bond acceptors (Lipinski definition) is 5. The summed E-state index contributed by atoms with van der Waals surface area (Å²) in [6, 6.07) is 5.05. The third-order valence-corrected chi connectivity index (χ3v) is 2.98. The monoisotopic (exact) mass is 321 g/mol. The molecular weight excluding hydrogens is 302 g/mol. The molecule has 0 bridgehead atoms. The molecule has 1 heterocycles. The summed E-state index contributed by atoms with van der Waals surface area (Å²) in [6.45, 7) is 2.87. The zero-order valence-corrected chi connectivity index (χ0v) is 12.8. The molecule has 0 radical (unpaired) electrons. The number of carbonyl (C=O) groups is 3. The molecule has 0 spiro atoms. The van der Waals surface area contributed by atoms with E-state index >= 15 is 0 Å². The van der Waals surface area contributed by atoms with Crippen molar-refractivity contribution in [2.24, 2.45) is 0 Å². The highest BCUT2D eigenvalue weighted by Gasteiger charge is 2.14. The Morgan fingerprint density at radius 1 is 1.04 bits per heavy atom. The fraction of sp³-hybridized carbons (Fsp3) is 0.400. The molecule has 0 unspecified atom stereocenters. The van der Waals surface area contributed by atoms with Crippen molar-refractivity contribution in [3.8, 4) is 11.5 Å². The number of anilines is 1. The fourth-order valence-corrected chi connectivity index (χ4v) is 1.93. The van der Waals surface area contributed by atoms with Gasteiger partial charge >= 0.3 is 11.8 Å². The number of carbonyl (C=O) groups excluding carboxylic acids is 3. The van der Waals surface area contributed by atoms with Crippen LogP contribution in [-0.2, 0) is 14.4 Å². The summed E-state index contributed by atoms with van der Waals surface area (Å²) < 4.78 is 11.0. The molecule has 124 valence electrons. The molecule has 0 atom stereocenters. The Balaban J connectivity index is 1.87. The first-order valence-electron chi connectivity index (χ1n) is 7.35. The Kier molecular flexibility index (Phi) is 5.79. The minimum atomic E-state index is -0.847. The van der Waals surface area contributed by atoms with Crippen LogP contribution >= 0.6 is 0 Å². The van der Waals surface area contributed by atoms with Gasteiger partial charge in [0.05, 0.1) is 19.8 Å². The largest absolute Gasteiger partial charge is 0.490 e. The smallest absolute Gasteiger partial charge is 0.309 e. The van der Waals surface area contributed by atoms with Crippen LogP contribution in [0.4, 0.5) is 5.69 Å². The zero-order chi connectivity index (χ0) is 16.7. The van der Waals surface area contributed by atoms with Crippen LogP contribution in [0.5, 0.6) is 11.5 Å². The van der Waals surface area contributed by atoms with Crippen molar-refractivity contribution in [3.05, 3.63) is 18.2 Å². The number of hydrogen-bond donors (Lipinski definition) is 3. The lowest BCUT2D eigenvalue weighted by Gasteiger charge is -2.10. The maximum atomic E-state index is 11.8. The van der Waals surface area contributed by atoms with Gasteiger partial charge in [0.1, 0.15) is 0 Å². The molecule has 8 nitrogen and oxygen atoms in total. The maximum absolute atomic E-state index is 11.8. The van der Waals surface area contributed by atoms with Gasteiger partial charge in [-0.25, -0.2) is 0 Å². The van der Waals surface area contributed by atoms with Crippen LogP contribution in [0.15, 0.2) is 18.2 Å². The van der Waals surface area contributed by atoms with Crippen molar-refractivity contribution in [2.45, 2.75) is 13.3 Å². The van der Waals surface area contributed by atoms with E-state index in [0.717, 1.165) is 6.42 Å². The van der Waals surface area contributed by atoms with E-state index in [0.29, 0.717) is 36.9 Å². The highest BCUT2D eigenvalue weighted by atomic mass is 16.5. The highest BCUT2D eigenvalue weighted by Crippen LogP contribution is 2.32. The SMILES string of the molecule is CCNC(=O)C(=O)NCC(=O)Nc1ccc2c(c1)OCCCO2. The number of fused-ring (bicyclic) bond motifs is 1. The summed E-state index contributed by atoms with van der Waals surface area (Å²) in [6.07, 6.45) is 0.794. The minimum absolute atomic E-state index is 0.301. The number of benzene rings is 1. The number of ether oxygens (including phenoxy) is 2. The average Bonchev–Trinajstić information content (AvgIpc) is 2.77. The minimum Gasteiger partial charge on any atom is -0.490 e. The predicted molar refractivity (Wildman–Crippen MR) is 82.4 cm³/mol. The lowest BCUT2D eigenvalue weighted by Crippen LogP contribution is -2.42. The summed E-state index contributed by atoms with van der Waals surface area (Å²) >= 11 is 0. The van der Waals surface area contributed by atoms with Gasteiger partial charge in [-0.3, -0.25) is 14.4 Å². The highest BCUT2D eigenvalue weighted by molar-refractivity contribution is 6.35. The van der Waals surface area contributed by atoms with E-state index in [4.69, 9.17) is 9.47 Å². The lowest BCUT2D eigenvalue weighted by atomic mass is 10.2. The summed E-state index contributed by atoms with van der Waals surface area (Å²) in [5.74, 6) is -0.870. The summed E-state index contributed by atoms with van der Waals surface area (Å²) in [4.78, 5) is 34.4. The van der Waals surface area contributed by atoms with Crippen molar-refractivity contribution in [1.82, 2.24) is 10.6 Å². The third-order valence-electron chi connectivity index (χ3n) is 2.98. The van der Waals surface area contributed by atoms with Crippen LogP contribution in [0.25, 0.3) is 0 Å². The van der Waals surface area contributed by atoms with Gasteiger partial charge in [0.2, 0.25) is 5.91 Å². The molecule has 1 aliphatic rings. The van der Waals surface area contributed by atoms with E-state index in [1.54, 1.807) is 25.1 Å². The first kappa shape index (κ1) is 16.6. The van der Waals surface area contributed by atoms with Crippen molar-refractivity contribution < 1.29 is 23.9 Å². The molecule has 0 aromatic heterocycles. The van der Waals surface area contributed by atoms with Crippen molar-refractivity contribution >= 4 is 23.4 Å². The maximum Gasteiger partial charge on any atom is 0.309 e. The fourth-order valence-electron chi connectivity index (χ4n) is 1.93. The molecule has 1 aliphatic heterocycles. The molecule has 0 saturated heterocycles. The standard InChI is InChI=1S/C15H19N3O5/c1-2-16-14(20)15(21)17-9-13(19)18-10-4-5-11-12(8-10)23-7-3-6-22-11/h4-5,8H,2-3,6-7,9H2,1H3,(H,16,20)(H,17,21)(H,18,19). The van der Waals surface area contributed by atoms with Gasteiger partial charge in [0, 0.05) is 24.7 Å². The molecule has 2 rings (SSSR count). The van der Waals surface area contributed by atoms with Crippen molar-refractivity contribution in [2.75, 3.05) is 31.6 Å². The van der Waals surface area contributed by atoms with Crippen LogP contribution in [0.2, 0.25) is 0 Å². The van der Waals surface area contributed by atoms with Gasteiger partial charge in [-0.15, -0.1) is 0 Å². The lowest BCUT2D eigenvalue weighted by molar-refractivity contribution is -0.139. The van der Waals surface area contributed by atoms with Gasteiger partial charge in [-0.2, -0.15) is 0 Å². The van der Waals surface area contributed by atoms with Crippen LogP contribution < -0.4 is 25.4 Å². The van der Waals surface area contributed by atoms with Gasteiger partial charge in [0.15, 0.2) is 11.5 Å². The molecule has 1 aromatic rings. The average molecular weight is 321 g/mol. The Labute approximate surface area is 133 Å². The predicted octanol–water partition coefficient (Wildman–Crippen LogP) is 0.0387. The van der Waals surface area contributed by atoms with E-state index in [1.807, 2.05) is 0 Å². The molecule has 3 amide bonds. The van der Waals surface area contributed by atoms with Crippen LogP contribution in [0, 0.1) is 0 Å². The quantitative estimate of drug-likeness (QED) is 0.679. The second-order valence-electron chi connectivity index (χ2n) is 4.80. The first-order valence-corrected chi connectivity index (χ1v) is 7.35. The van der Waals surface area contributed by atoms with E-state index in [-0.39, 0.29) is 6.54 Å². The van der Waals surface area contributed by atoms with Gasteiger partial charge in [-0.1, -0.05) is 0 Å². The molecule has 3 N–H and O–H groups in total. The van der Waals surface area contributed by atoms with E-state index in [9.17, 15) is 14.4 Å². The van der Waals surface area contributed by atoms with Crippen molar-refractivity contribution in [1.29, 1.82) is 0 Å². The second-order valence-corrected chi connectivity index (χ2v) is 4.80. The topological polar surface area (TPSA) is 106 Å².